The molecule has 1 aliphatic rings. The molecule has 0 aromatic heterocycles. The zero-order chi connectivity index (χ0) is 12.4. The summed E-state index contributed by atoms with van der Waals surface area (Å²) in [6.07, 6.45) is 2.61. The molecule has 1 unspecified atom stereocenters. The molecule has 0 radical (unpaired) electrons. The molecule has 1 N–H and O–H groups in total. The number of benzene rings is 1. The van der Waals surface area contributed by atoms with Crippen molar-refractivity contribution in [2.75, 3.05) is 19.4 Å². The van der Waals surface area contributed by atoms with E-state index in [4.69, 9.17) is 0 Å². The Kier molecular flexibility index (Phi) is 3.36. The Balaban J connectivity index is 2.17. The van der Waals surface area contributed by atoms with Crippen molar-refractivity contribution in [3.05, 3.63) is 29.8 Å². The van der Waals surface area contributed by atoms with Crippen LogP contribution in [0.25, 0.3) is 0 Å². The van der Waals surface area contributed by atoms with E-state index < -0.39 is 0 Å². The van der Waals surface area contributed by atoms with E-state index in [0.717, 1.165) is 17.2 Å². The molecule has 1 aliphatic carbocycles. The number of hydrogen-bond donors (Lipinski definition) is 1. The highest BCUT2D eigenvalue weighted by molar-refractivity contribution is 5.99. The average molecular weight is 232 g/mol. The number of para-hydroxylation sites is 1. The molecule has 0 bridgehead atoms. The number of carbonyl (C=O) groups excluding carboxylic acids is 1. The van der Waals surface area contributed by atoms with E-state index in [-0.39, 0.29) is 5.91 Å². The highest BCUT2D eigenvalue weighted by Crippen LogP contribution is 2.34. The molecule has 1 aromatic rings. The van der Waals surface area contributed by atoms with Crippen molar-refractivity contribution in [3.8, 4) is 0 Å². The predicted octanol–water partition coefficient (Wildman–Crippen LogP) is 2.60. The Hall–Kier alpha value is -1.51. The summed E-state index contributed by atoms with van der Waals surface area (Å²) in [7, 11) is 3.56. The van der Waals surface area contributed by atoms with Crippen LogP contribution in [0.2, 0.25) is 0 Å². The van der Waals surface area contributed by atoms with Crippen molar-refractivity contribution >= 4 is 11.6 Å². The standard InChI is InChI=1S/C14H20N2O/c1-10(11-8-9-11)15-13-7-5-4-6-12(13)14(17)16(2)3/h4-7,10-11,15H,8-9H2,1-3H3. The highest BCUT2D eigenvalue weighted by Gasteiger charge is 2.28. The second-order valence-electron chi connectivity index (χ2n) is 5.02. The minimum absolute atomic E-state index is 0.0519. The van der Waals surface area contributed by atoms with Crippen LogP contribution in [-0.2, 0) is 0 Å². The number of nitrogens with zero attached hydrogens (tertiary/aromatic N) is 1. The first kappa shape index (κ1) is 12.0. The quantitative estimate of drug-likeness (QED) is 0.865. The van der Waals surface area contributed by atoms with Crippen LogP contribution in [0.15, 0.2) is 24.3 Å². The van der Waals surface area contributed by atoms with Crippen LogP contribution in [0.1, 0.15) is 30.1 Å². The summed E-state index contributed by atoms with van der Waals surface area (Å²) < 4.78 is 0. The Labute approximate surface area is 103 Å². The van der Waals surface area contributed by atoms with E-state index in [1.54, 1.807) is 19.0 Å². The van der Waals surface area contributed by atoms with Crippen LogP contribution >= 0.6 is 0 Å². The lowest BCUT2D eigenvalue weighted by Crippen LogP contribution is -2.25. The van der Waals surface area contributed by atoms with Crippen molar-refractivity contribution in [2.45, 2.75) is 25.8 Å². The van der Waals surface area contributed by atoms with E-state index in [9.17, 15) is 4.79 Å². The minimum atomic E-state index is 0.0519. The van der Waals surface area contributed by atoms with Gasteiger partial charge in [-0.05, 0) is 37.8 Å². The molecule has 17 heavy (non-hydrogen) atoms. The fourth-order valence-corrected chi connectivity index (χ4v) is 2.00. The Morgan fingerprint density at radius 1 is 1.35 bits per heavy atom. The van der Waals surface area contributed by atoms with Crippen molar-refractivity contribution in [3.63, 3.8) is 0 Å². The van der Waals surface area contributed by atoms with Crippen LogP contribution in [0.5, 0.6) is 0 Å². The van der Waals surface area contributed by atoms with E-state index in [1.165, 1.54) is 12.8 Å². The van der Waals surface area contributed by atoms with Gasteiger partial charge in [-0.1, -0.05) is 12.1 Å². The third-order valence-corrected chi connectivity index (χ3v) is 3.28. The lowest BCUT2D eigenvalue weighted by molar-refractivity contribution is 0.0828. The zero-order valence-electron chi connectivity index (χ0n) is 10.7. The maximum atomic E-state index is 12.0. The van der Waals surface area contributed by atoms with Gasteiger partial charge in [-0.3, -0.25) is 4.79 Å². The molecule has 3 nitrogen and oxygen atoms in total. The monoisotopic (exact) mass is 232 g/mol. The Bertz CT molecular complexity index is 410. The third-order valence-electron chi connectivity index (χ3n) is 3.28. The topological polar surface area (TPSA) is 32.3 Å². The van der Waals surface area contributed by atoms with Crippen molar-refractivity contribution in [2.24, 2.45) is 5.92 Å². The first-order valence-corrected chi connectivity index (χ1v) is 6.17. The van der Waals surface area contributed by atoms with Gasteiger partial charge in [0.25, 0.3) is 5.91 Å². The SMILES string of the molecule is CC(Nc1ccccc1C(=O)N(C)C)C1CC1. The van der Waals surface area contributed by atoms with Crippen molar-refractivity contribution in [1.29, 1.82) is 0 Å². The largest absolute Gasteiger partial charge is 0.382 e. The summed E-state index contributed by atoms with van der Waals surface area (Å²) in [4.78, 5) is 13.6. The number of rotatable bonds is 4. The van der Waals surface area contributed by atoms with Gasteiger partial charge in [0, 0.05) is 25.8 Å². The normalized spacial score (nSPS) is 16.4. The summed E-state index contributed by atoms with van der Waals surface area (Å²) in [5.74, 6) is 0.827. The van der Waals surface area contributed by atoms with Gasteiger partial charge < -0.3 is 10.2 Å². The number of carbonyl (C=O) groups is 1. The number of nitrogens with one attached hydrogen (secondary N) is 1. The molecule has 1 amide bonds. The van der Waals surface area contributed by atoms with Gasteiger partial charge in [-0.15, -0.1) is 0 Å². The second-order valence-corrected chi connectivity index (χ2v) is 5.02. The molecule has 1 aromatic carbocycles. The van der Waals surface area contributed by atoms with Gasteiger partial charge in [0.1, 0.15) is 0 Å². The summed E-state index contributed by atoms with van der Waals surface area (Å²) in [6.45, 7) is 2.19. The van der Waals surface area contributed by atoms with Gasteiger partial charge in [0.05, 0.1) is 5.56 Å². The maximum absolute atomic E-state index is 12.0. The summed E-state index contributed by atoms with van der Waals surface area (Å²) in [5.41, 5.74) is 1.70. The number of hydrogen-bond acceptors (Lipinski definition) is 2. The molecular formula is C14H20N2O. The van der Waals surface area contributed by atoms with Crippen LogP contribution in [0.4, 0.5) is 5.69 Å². The first-order valence-electron chi connectivity index (χ1n) is 6.17. The predicted molar refractivity (Wildman–Crippen MR) is 70.3 cm³/mol. The van der Waals surface area contributed by atoms with Crippen LogP contribution < -0.4 is 5.32 Å². The average Bonchev–Trinajstić information content (AvgIpc) is 3.12. The lowest BCUT2D eigenvalue weighted by Gasteiger charge is -2.19. The fraction of sp³-hybridized carbons (Fsp3) is 0.500. The molecular weight excluding hydrogens is 212 g/mol. The molecule has 1 saturated carbocycles. The Morgan fingerprint density at radius 3 is 2.59 bits per heavy atom. The van der Waals surface area contributed by atoms with Gasteiger partial charge in [-0.2, -0.15) is 0 Å². The van der Waals surface area contributed by atoms with Gasteiger partial charge >= 0.3 is 0 Å². The molecule has 0 aliphatic heterocycles. The number of amides is 1. The summed E-state index contributed by atoms with van der Waals surface area (Å²) in [6, 6.07) is 8.18. The smallest absolute Gasteiger partial charge is 0.255 e. The van der Waals surface area contributed by atoms with Gasteiger partial charge in [-0.25, -0.2) is 0 Å². The van der Waals surface area contributed by atoms with Crippen molar-refractivity contribution in [1.82, 2.24) is 4.90 Å². The fourth-order valence-electron chi connectivity index (χ4n) is 2.00. The highest BCUT2D eigenvalue weighted by atomic mass is 16.2. The molecule has 92 valence electrons. The summed E-state index contributed by atoms with van der Waals surface area (Å²) in [5, 5.41) is 3.46. The molecule has 2 rings (SSSR count). The van der Waals surface area contributed by atoms with Crippen LogP contribution in [0.3, 0.4) is 0 Å². The molecule has 1 atom stereocenters. The van der Waals surface area contributed by atoms with E-state index in [0.29, 0.717) is 6.04 Å². The third kappa shape index (κ3) is 2.78. The van der Waals surface area contributed by atoms with Crippen LogP contribution in [0, 0.1) is 5.92 Å². The van der Waals surface area contributed by atoms with E-state index in [2.05, 4.69) is 12.2 Å². The second kappa shape index (κ2) is 4.78. The molecule has 0 saturated heterocycles. The molecule has 1 fully saturated rings. The number of anilines is 1. The van der Waals surface area contributed by atoms with E-state index >= 15 is 0 Å². The summed E-state index contributed by atoms with van der Waals surface area (Å²) >= 11 is 0. The van der Waals surface area contributed by atoms with Gasteiger partial charge in [0.2, 0.25) is 0 Å². The lowest BCUT2D eigenvalue weighted by atomic mass is 10.1. The van der Waals surface area contributed by atoms with E-state index in [1.807, 2.05) is 24.3 Å². The molecule has 0 heterocycles. The first-order chi connectivity index (χ1) is 8.09. The van der Waals surface area contributed by atoms with Crippen LogP contribution in [-0.4, -0.2) is 30.9 Å². The Morgan fingerprint density at radius 2 is 2.00 bits per heavy atom. The molecule has 0 spiro atoms. The maximum Gasteiger partial charge on any atom is 0.255 e. The minimum Gasteiger partial charge on any atom is -0.382 e. The van der Waals surface area contributed by atoms with Crippen molar-refractivity contribution < 1.29 is 4.79 Å². The van der Waals surface area contributed by atoms with Gasteiger partial charge in [0.15, 0.2) is 0 Å². The zero-order valence-corrected chi connectivity index (χ0v) is 10.7. The molecule has 3 heteroatoms.